The number of aromatic nitrogens is 2. The van der Waals surface area contributed by atoms with Crippen LogP contribution in [-0.4, -0.2) is 50.2 Å². The van der Waals surface area contributed by atoms with Gasteiger partial charge in [0.1, 0.15) is 12.3 Å². The van der Waals surface area contributed by atoms with Gasteiger partial charge in [-0.05, 0) is 49.1 Å². The maximum atomic E-state index is 12.7. The van der Waals surface area contributed by atoms with E-state index in [4.69, 9.17) is 4.74 Å². The number of rotatable bonds is 6. The minimum absolute atomic E-state index is 0.0646. The molecule has 1 aromatic carbocycles. The molecule has 0 aliphatic heterocycles. The molecule has 1 aliphatic carbocycles. The van der Waals surface area contributed by atoms with Crippen LogP contribution in [0.1, 0.15) is 30.1 Å². The molecule has 3 rings (SSSR count). The number of aryl methyl sites for hydroxylation is 1. The van der Waals surface area contributed by atoms with Crippen LogP contribution in [0.2, 0.25) is 0 Å². The number of carbonyl (C=O) groups is 1. The third kappa shape index (κ3) is 4.30. The van der Waals surface area contributed by atoms with Crippen molar-refractivity contribution in [3.63, 3.8) is 0 Å². The zero-order valence-corrected chi connectivity index (χ0v) is 16.5. The van der Waals surface area contributed by atoms with Crippen LogP contribution >= 0.6 is 0 Å². The van der Waals surface area contributed by atoms with Crippen molar-refractivity contribution in [1.29, 1.82) is 0 Å². The van der Waals surface area contributed by atoms with Crippen molar-refractivity contribution in [2.45, 2.75) is 36.7 Å². The zero-order chi connectivity index (χ0) is 19.6. The summed E-state index contributed by atoms with van der Waals surface area (Å²) in [6, 6.07) is 5.85. The predicted molar refractivity (Wildman–Crippen MR) is 99.9 cm³/mol. The number of nitrogens with zero attached hydrogens (tertiary/aromatic N) is 3. The van der Waals surface area contributed by atoms with E-state index in [1.165, 1.54) is 24.1 Å². The van der Waals surface area contributed by atoms with Crippen molar-refractivity contribution < 1.29 is 17.9 Å². The highest BCUT2D eigenvalue weighted by Crippen LogP contribution is 2.30. The van der Waals surface area contributed by atoms with Gasteiger partial charge in [-0.2, -0.15) is 5.10 Å². The van der Waals surface area contributed by atoms with Crippen molar-refractivity contribution in [2.24, 2.45) is 0 Å². The summed E-state index contributed by atoms with van der Waals surface area (Å²) >= 11 is 0. The Labute approximate surface area is 159 Å². The molecule has 8 nitrogen and oxygen atoms in total. The Kier molecular flexibility index (Phi) is 5.52. The molecule has 0 unspecified atom stereocenters. The van der Waals surface area contributed by atoms with Crippen LogP contribution in [0.25, 0.3) is 0 Å². The minimum Gasteiger partial charge on any atom is -0.497 e. The average molecular weight is 392 g/mol. The largest absolute Gasteiger partial charge is 0.497 e. The molecular formula is C18H24N4O4S. The molecule has 27 heavy (non-hydrogen) atoms. The first-order chi connectivity index (χ1) is 12.8. The SMILES string of the molecule is COc1ccc(S(=O)(=O)N[C@@H]2CCCc3cn(CC(=O)N(C)C)nc32)cc1. The van der Waals surface area contributed by atoms with Gasteiger partial charge in [0.15, 0.2) is 0 Å². The number of nitrogens with one attached hydrogen (secondary N) is 1. The standard InChI is InChI=1S/C18H24N4O4S/c1-21(2)17(23)12-22-11-13-5-4-6-16(18(13)19-22)20-27(24,25)15-9-7-14(26-3)8-10-15/h7-11,16,20H,4-6,12H2,1-3H3/t16-/m1/s1. The van der Waals surface area contributed by atoms with Crippen molar-refractivity contribution >= 4 is 15.9 Å². The maximum absolute atomic E-state index is 12.7. The van der Waals surface area contributed by atoms with E-state index in [1.54, 1.807) is 30.9 Å². The van der Waals surface area contributed by atoms with Crippen LogP contribution in [0.4, 0.5) is 0 Å². The lowest BCUT2D eigenvalue weighted by molar-refractivity contribution is -0.129. The maximum Gasteiger partial charge on any atom is 0.243 e. The van der Waals surface area contributed by atoms with E-state index in [0.29, 0.717) is 17.9 Å². The van der Waals surface area contributed by atoms with Gasteiger partial charge in [0.25, 0.3) is 0 Å². The van der Waals surface area contributed by atoms with Gasteiger partial charge in [-0.25, -0.2) is 13.1 Å². The molecule has 1 atom stereocenters. The number of fused-ring (bicyclic) bond motifs is 1. The molecule has 0 spiro atoms. The van der Waals surface area contributed by atoms with E-state index in [9.17, 15) is 13.2 Å². The number of methoxy groups -OCH3 is 1. The van der Waals surface area contributed by atoms with Crippen LogP contribution in [-0.2, 0) is 27.8 Å². The van der Waals surface area contributed by atoms with Gasteiger partial charge in [-0.15, -0.1) is 0 Å². The van der Waals surface area contributed by atoms with E-state index in [2.05, 4.69) is 9.82 Å². The number of benzene rings is 1. The first-order valence-corrected chi connectivity index (χ1v) is 10.2. The quantitative estimate of drug-likeness (QED) is 0.801. The predicted octanol–water partition coefficient (Wildman–Crippen LogP) is 1.34. The molecule has 0 saturated carbocycles. The fraction of sp³-hybridized carbons (Fsp3) is 0.444. The molecule has 0 fully saturated rings. The summed E-state index contributed by atoms with van der Waals surface area (Å²) in [6.45, 7) is 0.137. The molecule has 1 aliphatic rings. The highest BCUT2D eigenvalue weighted by atomic mass is 32.2. The summed E-state index contributed by atoms with van der Waals surface area (Å²) in [5, 5.41) is 4.48. The van der Waals surface area contributed by atoms with Gasteiger partial charge in [0.2, 0.25) is 15.9 Å². The van der Waals surface area contributed by atoms with Gasteiger partial charge in [0.05, 0.1) is 23.7 Å². The van der Waals surface area contributed by atoms with Gasteiger partial charge < -0.3 is 9.64 Å². The van der Waals surface area contributed by atoms with E-state index in [-0.39, 0.29) is 17.3 Å². The second-order valence-corrected chi connectivity index (χ2v) is 8.48. The fourth-order valence-corrected chi connectivity index (χ4v) is 4.32. The lowest BCUT2D eigenvalue weighted by Crippen LogP contribution is -2.31. The van der Waals surface area contributed by atoms with E-state index in [1.807, 2.05) is 6.20 Å². The zero-order valence-electron chi connectivity index (χ0n) is 15.7. The molecular weight excluding hydrogens is 368 g/mol. The van der Waals surface area contributed by atoms with Crippen molar-refractivity contribution in [1.82, 2.24) is 19.4 Å². The number of carbonyl (C=O) groups excluding carboxylic acids is 1. The number of sulfonamides is 1. The first kappa shape index (κ1) is 19.4. The Morgan fingerprint density at radius 1 is 1.33 bits per heavy atom. The first-order valence-electron chi connectivity index (χ1n) is 8.73. The number of hydrogen-bond donors (Lipinski definition) is 1. The molecule has 1 heterocycles. The number of ether oxygens (including phenoxy) is 1. The number of likely N-dealkylation sites (N-methyl/N-ethyl adjacent to an activating group) is 1. The van der Waals surface area contributed by atoms with Crippen molar-refractivity contribution in [3.05, 3.63) is 41.7 Å². The summed E-state index contributed by atoms with van der Waals surface area (Å²) in [4.78, 5) is 13.6. The van der Waals surface area contributed by atoms with Crippen LogP contribution < -0.4 is 9.46 Å². The third-order valence-electron chi connectivity index (χ3n) is 4.60. The summed E-state index contributed by atoms with van der Waals surface area (Å²) < 4.78 is 34.9. The van der Waals surface area contributed by atoms with Crippen LogP contribution in [0, 0.1) is 0 Å². The van der Waals surface area contributed by atoms with Crippen molar-refractivity contribution in [3.8, 4) is 5.75 Å². The summed E-state index contributed by atoms with van der Waals surface area (Å²) in [5.74, 6) is 0.531. The second kappa shape index (κ2) is 7.69. The molecule has 1 amide bonds. The molecule has 0 bridgehead atoms. The summed E-state index contributed by atoms with van der Waals surface area (Å²) in [6.07, 6.45) is 4.19. The molecule has 146 valence electrons. The van der Waals surface area contributed by atoms with Crippen LogP contribution in [0.3, 0.4) is 0 Å². The van der Waals surface area contributed by atoms with Gasteiger partial charge in [0, 0.05) is 20.3 Å². The Bertz CT molecular complexity index is 919. The molecule has 0 radical (unpaired) electrons. The Hall–Kier alpha value is -2.39. The van der Waals surface area contributed by atoms with E-state index < -0.39 is 16.1 Å². The Balaban J connectivity index is 1.80. The van der Waals surface area contributed by atoms with Gasteiger partial charge >= 0.3 is 0 Å². The lowest BCUT2D eigenvalue weighted by Gasteiger charge is -2.22. The van der Waals surface area contributed by atoms with Gasteiger partial charge in [-0.3, -0.25) is 9.48 Å². The normalized spacial score (nSPS) is 16.6. The smallest absolute Gasteiger partial charge is 0.243 e. The third-order valence-corrected chi connectivity index (χ3v) is 6.09. The van der Waals surface area contributed by atoms with E-state index >= 15 is 0 Å². The molecule has 0 saturated heterocycles. The molecule has 2 aromatic rings. The fourth-order valence-electron chi connectivity index (χ4n) is 3.08. The van der Waals surface area contributed by atoms with Gasteiger partial charge in [-0.1, -0.05) is 0 Å². The lowest BCUT2D eigenvalue weighted by atomic mass is 9.94. The monoisotopic (exact) mass is 392 g/mol. The van der Waals surface area contributed by atoms with Crippen LogP contribution in [0.15, 0.2) is 35.4 Å². The molecule has 1 aromatic heterocycles. The summed E-state index contributed by atoms with van der Waals surface area (Å²) in [5.41, 5.74) is 1.68. The van der Waals surface area contributed by atoms with Crippen LogP contribution in [0.5, 0.6) is 5.75 Å². The number of amides is 1. The number of hydrogen-bond acceptors (Lipinski definition) is 5. The average Bonchev–Trinajstić information content (AvgIpc) is 3.05. The molecule has 1 N–H and O–H groups in total. The highest BCUT2D eigenvalue weighted by Gasteiger charge is 2.29. The Morgan fingerprint density at radius 3 is 2.67 bits per heavy atom. The second-order valence-electron chi connectivity index (χ2n) is 6.77. The highest BCUT2D eigenvalue weighted by molar-refractivity contribution is 7.89. The van der Waals surface area contributed by atoms with Crippen molar-refractivity contribution in [2.75, 3.05) is 21.2 Å². The minimum atomic E-state index is -3.68. The summed E-state index contributed by atoms with van der Waals surface area (Å²) in [7, 11) is 1.23. The topological polar surface area (TPSA) is 93.5 Å². The van der Waals surface area contributed by atoms with E-state index in [0.717, 1.165) is 18.4 Å². The Morgan fingerprint density at radius 2 is 2.04 bits per heavy atom. The molecule has 9 heteroatoms.